The van der Waals surface area contributed by atoms with Crippen LogP contribution < -0.4 is 10.9 Å². The zero-order valence-corrected chi connectivity index (χ0v) is 21.1. The second-order valence-corrected chi connectivity index (χ2v) is 9.65. The Morgan fingerprint density at radius 1 is 1.18 bits per heavy atom. The van der Waals surface area contributed by atoms with Crippen LogP contribution in [0.2, 0.25) is 0 Å². The average molecular weight is 505 g/mol. The predicted octanol–water partition coefficient (Wildman–Crippen LogP) is 3.68. The van der Waals surface area contributed by atoms with Crippen molar-refractivity contribution in [2.45, 2.75) is 45.4 Å². The van der Waals surface area contributed by atoms with Crippen LogP contribution in [0, 0.1) is 0 Å². The average Bonchev–Trinajstić information content (AvgIpc) is 3.10. The van der Waals surface area contributed by atoms with Crippen molar-refractivity contribution < 1.29 is 14.6 Å². The van der Waals surface area contributed by atoms with E-state index >= 15 is 0 Å². The zero-order chi connectivity index (χ0) is 24.3. The van der Waals surface area contributed by atoms with Gasteiger partial charge in [0.1, 0.15) is 15.8 Å². The normalized spacial score (nSPS) is 15.1. The van der Waals surface area contributed by atoms with Crippen LogP contribution in [0.4, 0.5) is 5.82 Å². The van der Waals surface area contributed by atoms with E-state index in [2.05, 4.69) is 17.2 Å². The van der Waals surface area contributed by atoms with E-state index < -0.39 is 0 Å². The number of aliphatic hydroxyl groups is 1. The van der Waals surface area contributed by atoms with E-state index in [4.69, 9.17) is 22.1 Å². The lowest BCUT2D eigenvalue weighted by atomic mass is 10.1. The number of carbonyl (C=O) groups excluding carboxylic acids is 1. The Morgan fingerprint density at radius 3 is 2.76 bits per heavy atom. The van der Waals surface area contributed by atoms with Gasteiger partial charge in [-0.05, 0) is 24.6 Å². The molecule has 10 heteroatoms. The second-order valence-electron chi connectivity index (χ2n) is 7.97. The minimum Gasteiger partial charge on any atom is -0.394 e. The molecule has 2 aromatic rings. The number of thiocarbonyl (C=S) groups is 1. The predicted molar refractivity (Wildman–Crippen MR) is 141 cm³/mol. The summed E-state index contributed by atoms with van der Waals surface area (Å²) in [5.41, 5.74) is 0.524. The molecule has 1 fully saturated rings. The summed E-state index contributed by atoms with van der Waals surface area (Å²) in [6.07, 6.45) is 10.0. The molecule has 0 atom stereocenters. The van der Waals surface area contributed by atoms with Gasteiger partial charge in [-0.3, -0.25) is 18.9 Å². The number of unbranched alkanes of at least 4 members (excludes halogenated alkanes) is 5. The standard InChI is InChI=1S/C24H32N4O4S2/c1-2-3-4-5-6-8-13-28-23(31)19(34-24(28)33)17-18-21(25-11-15-32-16-14-29)26-20-10-7-9-12-27(20)22(18)30/h7,9-10,12,17,25,29H,2-6,8,11,13-16H2,1H3. The molecule has 0 bridgehead atoms. The van der Waals surface area contributed by atoms with Gasteiger partial charge in [-0.1, -0.05) is 69.1 Å². The summed E-state index contributed by atoms with van der Waals surface area (Å²) in [6.45, 7) is 3.71. The first-order chi connectivity index (χ1) is 16.6. The van der Waals surface area contributed by atoms with Crippen molar-refractivity contribution in [1.29, 1.82) is 0 Å². The number of nitrogens with one attached hydrogen (secondary N) is 1. The van der Waals surface area contributed by atoms with Gasteiger partial charge in [0.05, 0.1) is 30.3 Å². The summed E-state index contributed by atoms with van der Waals surface area (Å²) in [7, 11) is 0. The van der Waals surface area contributed by atoms with Gasteiger partial charge in [-0.25, -0.2) is 4.98 Å². The first kappa shape index (κ1) is 26.3. The summed E-state index contributed by atoms with van der Waals surface area (Å²) >= 11 is 6.68. The van der Waals surface area contributed by atoms with Crippen LogP contribution >= 0.6 is 24.0 Å². The number of aliphatic hydroxyl groups excluding tert-OH is 1. The van der Waals surface area contributed by atoms with Crippen LogP contribution in [0.5, 0.6) is 0 Å². The molecule has 0 radical (unpaired) electrons. The van der Waals surface area contributed by atoms with Crippen LogP contribution in [0.15, 0.2) is 34.1 Å². The number of hydrogen-bond acceptors (Lipinski definition) is 8. The molecule has 2 N–H and O–H groups in total. The number of nitrogens with zero attached hydrogens (tertiary/aromatic N) is 3. The number of thioether (sulfide) groups is 1. The van der Waals surface area contributed by atoms with Crippen molar-refractivity contribution in [2.75, 3.05) is 38.2 Å². The molecule has 1 saturated heterocycles. The van der Waals surface area contributed by atoms with Gasteiger partial charge in [0.25, 0.3) is 11.5 Å². The number of ether oxygens (including phenoxy) is 1. The molecule has 34 heavy (non-hydrogen) atoms. The Balaban J connectivity index is 1.78. The zero-order valence-electron chi connectivity index (χ0n) is 19.5. The maximum Gasteiger partial charge on any atom is 0.267 e. The van der Waals surface area contributed by atoms with Crippen LogP contribution in [0.25, 0.3) is 11.7 Å². The maximum atomic E-state index is 13.2. The van der Waals surface area contributed by atoms with Crippen molar-refractivity contribution in [3.63, 3.8) is 0 Å². The van der Waals surface area contributed by atoms with Crippen LogP contribution in [0.3, 0.4) is 0 Å². The number of hydrogen-bond donors (Lipinski definition) is 2. The summed E-state index contributed by atoms with van der Waals surface area (Å²) in [5, 5.41) is 12.0. The summed E-state index contributed by atoms with van der Waals surface area (Å²) in [6, 6.07) is 5.32. The maximum absolute atomic E-state index is 13.2. The van der Waals surface area contributed by atoms with E-state index in [1.807, 2.05) is 6.07 Å². The number of rotatable bonds is 14. The molecule has 184 valence electrons. The largest absolute Gasteiger partial charge is 0.394 e. The smallest absolute Gasteiger partial charge is 0.267 e. The second kappa shape index (κ2) is 13.6. The lowest BCUT2D eigenvalue weighted by Crippen LogP contribution is -2.29. The molecular formula is C24H32N4O4S2. The fourth-order valence-corrected chi connectivity index (χ4v) is 4.94. The highest BCUT2D eigenvalue weighted by molar-refractivity contribution is 8.26. The first-order valence-electron chi connectivity index (χ1n) is 11.8. The summed E-state index contributed by atoms with van der Waals surface area (Å²) < 4.78 is 7.26. The fourth-order valence-electron chi connectivity index (χ4n) is 3.65. The van der Waals surface area contributed by atoms with E-state index in [0.717, 1.165) is 19.3 Å². The molecule has 0 saturated carbocycles. The number of amides is 1. The van der Waals surface area contributed by atoms with Gasteiger partial charge in [0.2, 0.25) is 0 Å². The Bertz CT molecular complexity index is 1090. The van der Waals surface area contributed by atoms with Gasteiger partial charge in [0, 0.05) is 19.3 Å². The molecule has 0 unspecified atom stereocenters. The number of pyridine rings is 1. The van der Waals surface area contributed by atoms with Gasteiger partial charge in [-0.2, -0.15) is 0 Å². The summed E-state index contributed by atoms with van der Waals surface area (Å²) in [4.78, 5) is 32.9. The molecule has 0 aliphatic carbocycles. The van der Waals surface area contributed by atoms with E-state index in [0.29, 0.717) is 46.0 Å². The SMILES string of the molecule is CCCCCCCCN1C(=O)C(=Cc2c(NCCOCCO)nc3ccccn3c2=O)SC1=S. The third-order valence-electron chi connectivity index (χ3n) is 5.43. The molecule has 1 aliphatic heterocycles. The van der Waals surface area contributed by atoms with Crippen molar-refractivity contribution in [3.05, 3.63) is 45.2 Å². The first-order valence-corrected chi connectivity index (χ1v) is 13.0. The minimum absolute atomic E-state index is 0.0542. The third kappa shape index (κ3) is 6.88. The third-order valence-corrected chi connectivity index (χ3v) is 6.81. The van der Waals surface area contributed by atoms with Crippen molar-refractivity contribution in [1.82, 2.24) is 14.3 Å². The highest BCUT2D eigenvalue weighted by Gasteiger charge is 2.32. The summed E-state index contributed by atoms with van der Waals surface area (Å²) in [5.74, 6) is 0.211. The lowest BCUT2D eigenvalue weighted by molar-refractivity contribution is -0.122. The van der Waals surface area contributed by atoms with E-state index in [-0.39, 0.29) is 24.7 Å². The van der Waals surface area contributed by atoms with E-state index in [1.165, 1.54) is 35.4 Å². The molecule has 2 aromatic heterocycles. The van der Waals surface area contributed by atoms with Gasteiger partial charge < -0.3 is 15.2 Å². The number of fused-ring (bicyclic) bond motifs is 1. The topological polar surface area (TPSA) is 96.2 Å². The highest BCUT2D eigenvalue weighted by atomic mass is 32.2. The molecule has 1 amide bonds. The number of anilines is 1. The van der Waals surface area contributed by atoms with Crippen molar-refractivity contribution in [3.8, 4) is 0 Å². The minimum atomic E-state index is -0.273. The molecule has 1 aliphatic rings. The lowest BCUT2D eigenvalue weighted by Gasteiger charge is -2.14. The molecule has 0 aromatic carbocycles. The van der Waals surface area contributed by atoms with Gasteiger partial charge in [-0.15, -0.1) is 0 Å². The molecule has 0 spiro atoms. The number of aromatic nitrogens is 2. The fraction of sp³-hybridized carbons (Fsp3) is 0.500. The Hall–Kier alpha value is -2.27. The molecule has 3 rings (SSSR count). The Morgan fingerprint density at radius 2 is 1.97 bits per heavy atom. The van der Waals surface area contributed by atoms with Crippen LogP contribution in [-0.2, 0) is 9.53 Å². The quantitative estimate of drug-likeness (QED) is 0.229. The van der Waals surface area contributed by atoms with Crippen molar-refractivity contribution >= 4 is 51.7 Å². The molecule has 3 heterocycles. The van der Waals surface area contributed by atoms with Crippen LogP contribution in [-0.4, -0.2) is 62.5 Å². The Labute approximate surface area is 209 Å². The molecule has 8 nitrogen and oxygen atoms in total. The van der Waals surface area contributed by atoms with Gasteiger partial charge in [0.15, 0.2) is 0 Å². The van der Waals surface area contributed by atoms with E-state index in [9.17, 15) is 9.59 Å². The Kier molecular flexibility index (Phi) is 10.5. The number of carbonyl (C=O) groups is 1. The monoisotopic (exact) mass is 504 g/mol. The van der Waals surface area contributed by atoms with Crippen molar-refractivity contribution in [2.24, 2.45) is 0 Å². The van der Waals surface area contributed by atoms with Gasteiger partial charge >= 0.3 is 0 Å². The molecular weight excluding hydrogens is 472 g/mol. The van der Waals surface area contributed by atoms with E-state index in [1.54, 1.807) is 29.3 Å². The van der Waals surface area contributed by atoms with Crippen LogP contribution in [0.1, 0.15) is 51.0 Å². The highest BCUT2D eigenvalue weighted by Crippen LogP contribution is 2.33.